The average Bonchev–Trinajstić information content (AvgIpc) is 2.28. The molecule has 0 aromatic heterocycles. The highest BCUT2D eigenvalue weighted by Gasteiger charge is 2.33. The third-order valence-electron chi connectivity index (χ3n) is 2.65. The highest BCUT2D eigenvalue weighted by atomic mass is 79.9. The molecule has 1 rings (SSSR count). The van der Waals surface area contributed by atoms with Crippen molar-refractivity contribution in [3.8, 4) is 6.07 Å². The van der Waals surface area contributed by atoms with Gasteiger partial charge in [0, 0.05) is 10.0 Å². The van der Waals surface area contributed by atoms with Crippen LogP contribution in [0.1, 0.15) is 29.8 Å². The van der Waals surface area contributed by atoms with Gasteiger partial charge in [-0.15, -0.1) is 0 Å². The van der Waals surface area contributed by atoms with Gasteiger partial charge in [-0.25, -0.2) is 0 Å². The Morgan fingerprint density at radius 3 is 2.37 bits per heavy atom. The number of nitriles is 1. The molecule has 1 unspecified atom stereocenters. The summed E-state index contributed by atoms with van der Waals surface area (Å²) in [5, 5.41) is 8.94. The van der Waals surface area contributed by atoms with Crippen LogP contribution in [0.4, 0.5) is 13.2 Å². The van der Waals surface area contributed by atoms with Crippen LogP contribution in [-0.2, 0) is 6.18 Å². The molecule has 1 aromatic rings. The summed E-state index contributed by atoms with van der Waals surface area (Å²) in [6.07, 6.45) is -4.52. The Morgan fingerprint density at radius 2 is 1.95 bits per heavy atom. The molecule has 0 radical (unpaired) electrons. The van der Waals surface area contributed by atoms with E-state index in [1.54, 1.807) is 13.8 Å². The fourth-order valence-electron chi connectivity index (χ4n) is 1.57. The van der Waals surface area contributed by atoms with Gasteiger partial charge >= 0.3 is 6.18 Å². The number of nitrogens with zero attached hydrogens (tertiary/aromatic N) is 1. The van der Waals surface area contributed by atoms with Gasteiger partial charge in [-0.3, -0.25) is 4.79 Å². The van der Waals surface area contributed by atoms with Crippen molar-refractivity contribution in [2.24, 2.45) is 11.8 Å². The van der Waals surface area contributed by atoms with Crippen molar-refractivity contribution in [3.63, 3.8) is 0 Å². The first-order valence-electron chi connectivity index (χ1n) is 5.49. The molecule has 0 saturated heterocycles. The topological polar surface area (TPSA) is 40.9 Å². The Hall–Kier alpha value is -1.35. The maximum Gasteiger partial charge on any atom is 0.416 e. The van der Waals surface area contributed by atoms with Gasteiger partial charge in [0.05, 0.1) is 11.6 Å². The summed E-state index contributed by atoms with van der Waals surface area (Å²) in [7, 11) is 0. The highest BCUT2D eigenvalue weighted by Crippen LogP contribution is 2.33. The molecule has 6 heteroatoms. The minimum atomic E-state index is -4.52. The Kier molecular flexibility index (Phi) is 4.75. The van der Waals surface area contributed by atoms with Crippen LogP contribution in [0.15, 0.2) is 22.7 Å². The Morgan fingerprint density at radius 1 is 1.37 bits per heavy atom. The maximum absolute atomic E-state index is 12.6. The van der Waals surface area contributed by atoms with Crippen molar-refractivity contribution in [1.29, 1.82) is 5.26 Å². The lowest BCUT2D eigenvalue weighted by molar-refractivity contribution is -0.137. The predicted molar refractivity (Wildman–Crippen MR) is 67.4 cm³/mol. The van der Waals surface area contributed by atoms with Gasteiger partial charge < -0.3 is 0 Å². The zero-order valence-electron chi connectivity index (χ0n) is 10.3. The van der Waals surface area contributed by atoms with Crippen molar-refractivity contribution in [1.82, 2.24) is 0 Å². The second-order valence-electron chi connectivity index (χ2n) is 4.41. The third kappa shape index (κ3) is 3.57. The Balaban J connectivity index is 3.28. The zero-order chi connectivity index (χ0) is 14.8. The standard InChI is InChI=1S/C13H11BrF3NO/c1-7(2)10(6-18)12(19)9-5-8(13(15,16)17)3-4-11(9)14/h3-5,7,10H,1-2H3. The van der Waals surface area contributed by atoms with Gasteiger partial charge in [0.25, 0.3) is 0 Å². The molecule has 0 fully saturated rings. The van der Waals surface area contributed by atoms with Crippen LogP contribution in [0.25, 0.3) is 0 Å². The number of halogens is 4. The SMILES string of the molecule is CC(C)C(C#N)C(=O)c1cc(C(F)(F)F)ccc1Br. The second-order valence-corrected chi connectivity index (χ2v) is 5.26. The fraction of sp³-hybridized carbons (Fsp3) is 0.385. The fourth-order valence-corrected chi connectivity index (χ4v) is 2.01. The van der Waals surface area contributed by atoms with Crippen molar-refractivity contribution >= 4 is 21.7 Å². The number of carbonyl (C=O) groups excluding carboxylic acids is 1. The lowest BCUT2D eigenvalue weighted by Gasteiger charge is -2.14. The lowest BCUT2D eigenvalue weighted by Crippen LogP contribution is -2.20. The van der Waals surface area contributed by atoms with Crippen LogP contribution < -0.4 is 0 Å². The number of ketones is 1. The summed E-state index contributed by atoms with van der Waals surface area (Å²) in [4.78, 5) is 12.1. The molecule has 0 aliphatic heterocycles. The number of hydrogen-bond donors (Lipinski definition) is 0. The Labute approximate surface area is 117 Å². The van der Waals surface area contributed by atoms with E-state index in [0.29, 0.717) is 0 Å². The number of carbonyl (C=O) groups is 1. The molecule has 0 amide bonds. The van der Waals surface area contributed by atoms with Crippen LogP contribution in [0.3, 0.4) is 0 Å². The summed E-state index contributed by atoms with van der Waals surface area (Å²) in [6.45, 7) is 3.35. The number of alkyl halides is 3. The molecule has 19 heavy (non-hydrogen) atoms. The van der Waals surface area contributed by atoms with Crippen LogP contribution in [0, 0.1) is 23.2 Å². The largest absolute Gasteiger partial charge is 0.416 e. The molecule has 102 valence electrons. The molecular formula is C13H11BrF3NO. The van der Waals surface area contributed by atoms with E-state index in [1.807, 2.05) is 6.07 Å². The molecule has 0 spiro atoms. The van der Waals surface area contributed by atoms with E-state index in [9.17, 15) is 18.0 Å². The minimum absolute atomic E-state index is 0.116. The number of hydrogen-bond acceptors (Lipinski definition) is 2. The van der Waals surface area contributed by atoms with Crippen LogP contribution in [-0.4, -0.2) is 5.78 Å². The third-order valence-corrected chi connectivity index (χ3v) is 3.34. The van der Waals surface area contributed by atoms with Crippen LogP contribution in [0.2, 0.25) is 0 Å². The van der Waals surface area contributed by atoms with Gasteiger partial charge in [-0.05, 0) is 24.1 Å². The summed E-state index contributed by atoms with van der Waals surface area (Å²) >= 11 is 3.05. The van der Waals surface area contributed by atoms with Gasteiger partial charge in [0.2, 0.25) is 0 Å². The summed E-state index contributed by atoms with van der Waals surface area (Å²) in [5.74, 6) is -1.82. The van der Waals surface area contributed by atoms with Crippen molar-refractivity contribution < 1.29 is 18.0 Å². The van der Waals surface area contributed by atoms with E-state index < -0.39 is 23.4 Å². The van der Waals surface area contributed by atoms with Crippen molar-refractivity contribution in [2.75, 3.05) is 0 Å². The molecule has 0 aliphatic rings. The second kappa shape index (κ2) is 5.74. The molecule has 0 aliphatic carbocycles. The molecule has 0 bridgehead atoms. The van der Waals surface area contributed by atoms with Crippen LogP contribution >= 0.6 is 15.9 Å². The maximum atomic E-state index is 12.6. The van der Waals surface area contributed by atoms with Gasteiger partial charge in [0.1, 0.15) is 5.92 Å². The first-order chi connectivity index (χ1) is 8.68. The van der Waals surface area contributed by atoms with E-state index >= 15 is 0 Å². The van der Waals surface area contributed by atoms with E-state index in [1.165, 1.54) is 6.07 Å². The minimum Gasteiger partial charge on any atom is -0.293 e. The monoisotopic (exact) mass is 333 g/mol. The number of rotatable bonds is 3. The smallest absolute Gasteiger partial charge is 0.293 e. The molecule has 0 saturated carbocycles. The summed E-state index contributed by atoms with van der Waals surface area (Å²) < 4.78 is 38.1. The van der Waals surface area contributed by atoms with Gasteiger partial charge in [-0.2, -0.15) is 18.4 Å². The van der Waals surface area contributed by atoms with Crippen LogP contribution in [0.5, 0.6) is 0 Å². The number of Topliss-reactive ketones (excluding diaryl/α,β-unsaturated/α-hetero) is 1. The predicted octanol–water partition coefficient (Wildman–Crippen LogP) is 4.45. The summed E-state index contributed by atoms with van der Waals surface area (Å²) in [5.41, 5.74) is -1.02. The lowest BCUT2D eigenvalue weighted by atomic mass is 9.89. The molecule has 0 heterocycles. The van der Waals surface area contributed by atoms with E-state index in [0.717, 1.165) is 12.1 Å². The quantitative estimate of drug-likeness (QED) is 0.767. The molecule has 2 nitrogen and oxygen atoms in total. The van der Waals surface area contributed by atoms with E-state index in [4.69, 9.17) is 5.26 Å². The van der Waals surface area contributed by atoms with Crippen molar-refractivity contribution in [2.45, 2.75) is 20.0 Å². The summed E-state index contributed by atoms with van der Waals surface area (Å²) in [6, 6.07) is 4.67. The first-order valence-corrected chi connectivity index (χ1v) is 6.28. The molecule has 0 N–H and O–H groups in total. The van der Waals surface area contributed by atoms with Gasteiger partial charge in [0.15, 0.2) is 5.78 Å². The zero-order valence-corrected chi connectivity index (χ0v) is 11.8. The Bertz CT molecular complexity index is 532. The number of benzene rings is 1. The normalized spacial score (nSPS) is 13.2. The molecule has 1 atom stereocenters. The average molecular weight is 334 g/mol. The molecular weight excluding hydrogens is 323 g/mol. The van der Waals surface area contributed by atoms with E-state index in [-0.39, 0.29) is 16.0 Å². The van der Waals surface area contributed by atoms with E-state index in [2.05, 4.69) is 15.9 Å². The highest BCUT2D eigenvalue weighted by molar-refractivity contribution is 9.10. The van der Waals surface area contributed by atoms with Crippen molar-refractivity contribution in [3.05, 3.63) is 33.8 Å². The first kappa shape index (κ1) is 15.7. The van der Waals surface area contributed by atoms with Gasteiger partial charge in [-0.1, -0.05) is 29.8 Å². The molecule has 1 aromatic carbocycles.